The van der Waals surface area contributed by atoms with Crippen molar-refractivity contribution in [1.82, 2.24) is 4.90 Å². The third kappa shape index (κ3) is 2.50. The second kappa shape index (κ2) is 6.00. The molecule has 124 valence electrons. The number of nitrogens with zero attached hydrogens (tertiary/aromatic N) is 1. The van der Waals surface area contributed by atoms with Crippen LogP contribution in [0.4, 0.5) is 0 Å². The van der Waals surface area contributed by atoms with Gasteiger partial charge < -0.3 is 0 Å². The number of amides is 2. The van der Waals surface area contributed by atoms with Gasteiger partial charge in [-0.3, -0.25) is 19.3 Å². The summed E-state index contributed by atoms with van der Waals surface area (Å²) in [5.41, 5.74) is 3.18. The Morgan fingerprint density at radius 3 is 2.25 bits per heavy atom. The van der Waals surface area contributed by atoms with Crippen molar-refractivity contribution < 1.29 is 14.4 Å². The van der Waals surface area contributed by atoms with Crippen molar-refractivity contribution >= 4 is 17.6 Å². The molecule has 4 nitrogen and oxygen atoms in total. The molecule has 4 heteroatoms. The second-order valence-electron chi connectivity index (χ2n) is 7.03. The fourth-order valence-corrected chi connectivity index (χ4v) is 4.17. The topological polar surface area (TPSA) is 54.5 Å². The predicted octanol–water partition coefficient (Wildman–Crippen LogP) is 2.70. The van der Waals surface area contributed by atoms with E-state index in [0.717, 1.165) is 19.3 Å². The van der Waals surface area contributed by atoms with Crippen LogP contribution >= 0.6 is 0 Å². The molecule has 0 bridgehead atoms. The van der Waals surface area contributed by atoms with Gasteiger partial charge in [0, 0.05) is 5.56 Å². The third-order valence-corrected chi connectivity index (χ3v) is 5.57. The van der Waals surface area contributed by atoms with E-state index in [-0.39, 0.29) is 36.0 Å². The van der Waals surface area contributed by atoms with Crippen molar-refractivity contribution in [2.45, 2.75) is 38.5 Å². The molecule has 2 aliphatic carbocycles. The lowest BCUT2D eigenvalue weighted by molar-refractivity contribution is -0.139. The van der Waals surface area contributed by atoms with Crippen LogP contribution in [0, 0.1) is 11.8 Å². The average molecular weight is 323 g/mol. The molecule has 0 radical (unpaired) electrons. The van der Waals surface area contributed by atoms with Crippen molar-refractivity contribution in [3.8, 4) is 0 Å². The molecule has 0 saturated carbocycles. The van der Waals surface area contributed by atoms with Crippen molar-refractivity contribution in [2.24, 2.45) is 11.8 Å². The minimum Gasteiger partial charge on any atom is -0.292 e. The first-order chi connectivity index (χ1) is 11.6. The molecule has 1 saturated heterocycles. The predicted molar refractivity (Wildman–Crippen MR) is 89.5 cm³/mol. The Bertz CT molecular complexity index is 723. The number of aryl methyl sites for hydroxylation is 2. The standard InChI is InChI=1S/C20H21NO3/c22-18(15-10-9-13-5-1-2-6-14(13)11-15)12-21-19(23)16-7-3-4-8-17(16)20(21)24/h3-4,9-11,16-17H,1-2,5-8,12H2/t16-,17-/m1/s1. The number of benzene rings is 1. The van der Waals surface area contributed by atoms with Crippen LogP contribution in [0.2, 0.25) is 0 Å². The molecule has 0 spiro atoms. The van der Waals surface area contributed by atoms with E-state index in [1.165, 1.54) is 22.4 Å². The average Bonchev–Trinajstić information content (AvgIpc) is 2.86. The van der Waals surface area contributed by atoms with E-state index in [9.17, 15) is 14.4 Å². The Morgan fingerprint density at radius 1 is 0.958 bits per heavy atom. The molecule has 1 aromatic carbocycles. The Labute approximate surface area is 141 Å². The molecular weight excluding hydrogens is 302 g/mol. The normalized spacial score (nSPS) is 25.6. The van der Waals surface area contributed by atoms with Crippen LogP contribution in [0.25, 0.3) is 0 Å². The number of likely N-dealkylation sites (tertiary alicyclic amines) is 1. The van der Waals surface area contributed by atoms with Gasteiger partial charge in [0.1, 0.15) is 0 Å². The quantitative estimate of drug-likeness (QED) is 0.488. The monoisotopic (exact) mass is 323 g/mol. The Morgan fingerprint density at radius 2 is 1.58 bits per heavy atom. The van der Waals surface area contributed by atoms with Crippen LogP contribution in [-0.4, -0.2) is 29.0 Å². The summed E-state index contributed by atoms with van der Waals surface area (Å²) in [4.78, 5) is 38.7. The molecule has 1 heterocycles. The zero-order valence-corrected chi connectivity index (χ0v) is 13.7. The molecule has 1 aliphatic heterocycles. The minimum atomic E-state index is -0.265. The van der Waals surface area contributed by atoms with E-state index in [0.29, 0.717) is 18.4 Å². The van der Waals surface area contributed by atoms with Gasteiger partial charge in [-0.25, -0.2) is 0 Å². The molecule has 24 heavy (non-hydrogen) atoms. The molecular formula is C20H21NO3. The highest BCUT2D eigenvalue weighted by Crippen LogP contribution is 2.35. The molecule has 0 unspecified atom stereocenters. The van der Waals surface area contributed by atoms with E-state index >= 15 is 0 Å². The smallest absolute Gasteiger partial charge is 0.233 e. The number of hydrogen-bond acceptors (Lipinski definition) is 3. The van der Waals surface area contributed by atoms with E-state index in [1.807, 2.05) is 30.4 Å². The first-order valence-electron chi connectivity index (χ1n) is 8.80. The zero-order chi connectivity index (χ0) is 16.7. The maximum atomic E-state index is 12.6. The highest BCUT2D eigenvalue weighted by molar-refractivity contribution is 6.10. The summed E-state index contributed by atoms with van der Waals surface area (Å²) in [5.74, 6) is -1.03. The van der Waals surface area contributed by atoms with Gasteiger partial charge in [-0.05, 0) is 55.7 Å². The number of allylic oxidation sites excluding steroid dienone is 2. The maximum absolute atomic E-state index is 12.6. The van der Waals surface area contributed by atoms with Gasteiger partial charge >= 0.3 is 0 Å². The summed E-state index contributed by atoms with van der Waals surface area (Å²) < 4.78 is 0. The van der Waals surface area contributed by atoms with Gasteiger partial charge in [0.15, 0.2) is 5.78 Å². The molecule has 4 rings (SSSR count). The first-order valence-corrected chi connectivity index (χ1v) is 8.80. The van der Waals surface area contributed by atoms with E-state index in [4.69, 9.17) is 0 Å². The number of hydrogen-bond donors (Lipinski definition) is 0. The molecule has 1 fully saturated rings. The SMILES string of the molecule is O=C(CN1C(=O)[C@@H]2CC=CC[C@H]2C1=O)c1ccc2c(c1)CCCC2. The van der Waals surface area contributed by atoms with E-state index in [1.54, 1.807) is 0 Å². The van der Waals surface area contributed by atoms with Gasteiger partial charge in [-0.2, -0.15) is 0 Å². The van der Waals surface area contributed by atoms with Gasteiger partial charge in [-0.1, -0.05) is 24.3 Å². The lowest BCUT2D eigenvalue weighted by Crippen LogP contribution is -2.36. The van der Waals surface area contributed by atoms with Gasteiger partial charge in [0.25, 0.3) is 0 Å². The number of imide groups is 1. The summed E-state index contributed by atoms with van der Waals surface area (Å²) in [5, 5.41) is 0. The number of ketones is 1. The minimum absolute atomic E-state index is 0.122. The molecule has 0 aromatic heterocycles. The summed E-state index contributed by atoms with van der Waals surface area (Å²) in [6, 6.07) is 5.82. The maximum Gasteiger partial charge on any atom is 0.233 e. The highest BCUT2D eigenvalue weighted by atomic mass is 16.2. The molecule has 0 N–H and O–H groups in total. The summed E-state index contributed by atoms with van der Waals surface area (Å²) in [6.07, 6.45) is 9.58. The number of carbonyl (C=O) groups excluding carboxylic acids is 3. The van der Waals surface area contributed by atoms with Crippen molar-refractivity contribution in [3.63, 3.8) is 0 Å². The van der Waals surface area contributed by atoms with Crippen LogP contribution in [0.3, 0.4) is 0 Å². The van der Waals surface area contributed by atoms with Crippen molar-refractivity contribution in [1.29, 1.82) is 0 Å². The van der Waals surface area contributed by atoms with E-state index < -0.39 is 0 Å². The largest absolute Gasteiger partial charge is 0.292 e. The van der Waals surface area contributed by atoms with Crippen LogP contribution in [-0.2, 0) is 22.4 Å². The van der Waals surface area contributed by atoms with Gasteiger partial charge in [-0.15, -0.1) is 0 Å². The number of Topliss-reactive ketones (excluding diaryl/α,β-unsaturated/α-hetero) is 1. The lowest BCUT2D eigenvalue weighted by Gasteiger charge is -2.17. The van der Waals surface area contributed by atoms with E-state index in [2.05, 4.69) is 0 Å². The van der Waals surface area contributed by atoms with Crippen LogP contribution in [0.1, 0.15) is 47.2 Å². The fourth-order valence-electron chi connectivity index (χ4n) is 4.17. The van der Waals surface area contributed by atoms with Crippen LogP contribution < -0.4 is 0 Å². The molecule has 2 atom stereocenters. The molecule has 1 aromatic rings. The lowest BCUT2D eigenvalue weighted by atomic mass is 9.85. The van der Waals surface area contributed by atoms with Crippen molar-refractivity contribution in [2.75, 3.05) is 6.54 Å². The number of rotatable bonds is 3. The molecule has 3 aliphatic rings. The third-order valence-electron chi connectivity index (χ3n) is 5.57. The molecule has 2 amide bonds. The highest BCUT2D eigenvalue weighted by Gasteiger charge is 2.47. The second-order valence-corrected chi connectivity index (χ2v) is 7.03. The van der Waals surface area contributed by atoms with Crippen molar-refractivity contribution in [3.05, 3.63) is 47.0 Å². The summed E-state index contributed by atoms with van der Waals surface area (Å²) in [7, 11) is 0. The Kier molecular flexibility index (Phi) is 3.83. The first kappa shape index (κ1) is 15.3. The van der Waals surface area contributed by atoms with Gasteiger partial charge in [0.05, 0.1) is 18.4 Å². The Balaban J connectivity index is 1.52. The number of carbonyl (C=O) groups is 3. The van der Waals surface area contributed by atoms with Gasteiger partial charge in [0.2, 0.25) is 11.8 Å². The number of fused-ring (bicyclic) bond motifs is 2. The summed E-state index contributed by atoms with van der Waals surface area (Å²) in [6.45, 7) is -0.122. The fraction of sp³-hybridized carbons (Fsp3) is 0.450. The van der Waals surface area contributed by atoms with Crippen LogP contribution in [0.5, 0.6) is 0 Å². The summed E-state index contributed by atoms with van der Waals surface area (Å²) >= 11 is 0. The Hall–Kier alpha value is -2.23. The zero-order valence-electron chi connectivity index (χ0n) is 13.7. The van der Waals surface area contributed by atoms with Crippen LogP contribution in [0.15, 0.2) is 30.4 Å².